The van der Waals surface area contributed by atoms with Crippen LogP contribution in [0.15, 0.2) is 35.1 Å². The third kappa shape index (κ3) is 2.51. The van der Waals surface area contributed by atoms with Crippen LogP contribution >= 0.6 is 0 Å². The first-order chi connectivity index (χ1) is 16.0. The van der Waals surface area contributed by atoms with Crippen LogP contribution in [-0.4, -0.2) is 33.5 Å². The van der Waals surface area contributed by atoms with Crippen LogP contribution in [0.1, 0.15) is 63.4 Å². The molecule has 2 aromatic heterocycles. The summed E-state index contributed by atoms with van der Waals surface area (Å²) >= 11 is 0. The number of nitrogens with one attached hydrogen (secondary N) is 1. The van der Waals surface area contributed by atoms with Gasteiger partial charge in [-0.1, -0.05) is 17.7 Å². The van der Waals surface area contributed by atoms with E-state index in [9.17, 15) is 9.59 Å². The van der Waals surface area contributed by atoms with Crippen LogP contribution in [0.5, 0.6) is 0 Å². The monoisotopic (exact) mass is 440 g/mol. The summed E-state index contributed by atoms with van der Waals surface area (Å²) in [6.45, 7) is 5.39. The van der Waals surface area contributed by atoms with Crippen molar-refractivity contribution in [3.63, 3.8) is 0 Å². The zero-order valence-electron chi connectivity index (χ0n) is 18.6. The molecule has 166 valence electrons. The number of aromatic nitrogens is 3. The van der Waals surface area contributed by atoms with E-state index in [0.717, 1.165) is 47.5 Å². The first-order valence-corrected chi connectivity index (χ1v) is 11.6. The Morgan fingerprint density at radius 2 is 1.91 bits per heavy atom. The lowest BCUT2D eigenvalue weighted by Gasteiger charge is -2.21. The standard InChI is InChI=1S/C26H24N4O3/c1-13-3-4-20-16(9-13)10-21-17-12-22-19(11-18(17)26(32)29(20)21)28-25(31)23-14(2)27-24(30(22)23)15-5-7-33-8-6-15/h3-4,9,11-12,15,21H,5-8,10H2,1-2H3,(H,28,31). The maximum atomic E-state index is 13.4. The average molecular weight is 441 g/mol. The van der Waals surface area contributed by atoms with Crippen LogP contribution in [0, 0.1) is 13.8 Å². The van der Waals surface area contributed by atoms with E-state index in [4.69, 9.17) is 9.72 Å². The van der Waals surface area contributed by atoms with Gasteiger partial charge in [0.2, 0.25) is 0 Å². The third-order valence-electron chi connectivity index (χ3n) is 7.56. The predicted molar refractivity (Wildman–Crippen MR) is 125 cm³/mol. The Labute approximate surface area is 190 Å². The van der Waals surface area contributed by atoms with E-state index in [1.165, 1.54) is 11.1 Å². The number of fused-ring (bicyclic) bond motifs is 8. The third-order valence-corrected chi connectivity index (χ3v) is 7.56. The van der Waals surface area contributed by atoms with Crippen molar-refractivity contribution in [1.82, 2.24) is 14.4 Å². The van der Waals surface area contributed by atoms with E-state index < -0.39 is 0 Å². The van der Waals surface area contributed by atoms with Crippen molar-refractivity contribution in [2.24, 2.45) is 0 Å². The van der Waals surface area contributed by atoms with Crippen molar-refractivity contribution in [3.8, 4) is 0 Å². The van der Waals surface area contributed by atoms with Crippen LogP contribution in [-0.2, 0) is 11.2 Å². The number of nitrogens with zero attached hydrogens (tertiary/aromatic N) is 3. The number of aryl methyl sites for hydroxylation is 2. The van der Waals surface area contributed by atoms with E-state index in [1.54, 1.807) is 0 Å². The predicted octanol–water partition coefficient (Wildman–Crippen LogP) is 3.94. The van der Waals surface area contributed by atoms with Gasteiger partial charge in [-0.05, 0) is 62.4 Å². The Morgan fingerprint density at radius 1 is 1.09 bits per heavy atom. The quantitative estimate of drug-likeness (QED) is 0.486. The molecule has 3 aliphatic heterocycles. The summed E-state index contributed by atoms with van der Waals surface area (Å²) in [6.07, 6.45) is 2.59. The minimum atomic E-state index is -0.169. The van der Waals surface area contributed by atoms with Gasteiger partial charge in [-0.15, -0.1) is 0 Å². The molecule has 33 heavy (non-hydrogen) atoms. The minimum Gasteiger partial charge on any atom is -0.381 e. The second-order valence-electron chi connectivity index (χ2n) is 9.56. The van der Waals surface area contributed by atoms with Crippen molar-refractivity contribution in [2.45, 2.75) is 45.1 Å². The van der Waals surface area contributed by atoms with Crippen molar-refractivity contribution in [2.75, 3.05) is 18.1 Å². The van der Waals surface area contributed by atoms with Gasteiger partial charge >= 0.3 is 0 Å². The summed E-state index contributed by atoms with van der Waals surface area (Å²) in [5.41, 5.74) is 7.87. The van der Waals surface area contributed by atoms with Crippen molar-refractivity contribution in [3.05, 3.63) is 74.5 Å². The van der Waals surface area contributed by atoms with Crippen molar-refractivity contribution >= 4 is 28.1 Å². The number of imidazole rings is 1. The molecule has 1 atom stereocenters. The van der Waals surface area contributed by atoms with Crippen molar-refractivity contribution in [1.29, 1.82) is 0 Å². The van der Waals surface area contributed by atoms with E-state index in [2.05, 4.69) is 36.2 Å². The number of H-pyrrole nitrogens is 1. The van der Waals surface area contributed by atoms with Gasteiger partial charge in [0.05, 0.1) is 22.8 Å². The molecule has 3 aliphatic rings. The molecule has 1 unspecified atom stereocenters. The SMILES string of the molecule is Cc1ccc2c(c1)CC1c3cc4c(cc3C(=O)N21)[nH]c(=O)c1c(C)nc(C2CCOCC2)n14. The molecule has 7 rings (SSSR count). The number of benzene rings is 2. The Kier molecular flexibility index (Phi) is 3.78. The fourth-order valence-corrected chi connectivity index (χ4v) is 6.03. The zero-order chi connectivity index (χ0) is 22.4. The highest BCUT2D eigenvalue weighted by Gasteiger charge is 2.43. The van der Waals surface area contributed by atoms with E-state index in [0.29, 0.717) is 29.8 Å². The molecule has 2 aromatic carbocycles. The Balaban J connectivity index is 1.48. The number of hydrogen-bond donors (Lipinski definition) is 1. The van der Waals surface area contributed by atoms with Gasteiger partial charge in [0.25, 0.3) is 11.5 Å². The molecule has 1 amide bonds. The summed E-state index contributed by atoms with van der Waals surface area (Å²) < 4.78 is 7.60. The molecule has 0 saturated carbocycles. The Morgan fingerprint density at radius 3 is 2.73 bits per heavy atom. The average Bonchev–Trinajstić information content (AvgIpc) is 3.44. The van der Waals surface area contributed by atoms with Crippen LogP contribution in [0.2, 0.25) is 0 Å². The van der Waals surface area contributed by atoms with Gasteiger partial charge in [-0.2, -0.15) is 0 Å². The van der Waals surface area contributed by atoms with Crippen LogP contribution in [0.3, 0.4) is 0 Å². The molecule has 7 heteroatoms. The van der Waals surface area contributed by atoms with Gasteiger partial charge in [0.15, 0.2) is 0 Å². The lowest BCUT2D eigenvalue weighted by atomic mass is 9.98. The fourth-order valence-electron chi connectivity index (χ4n) is 6.03. The molecule has 1 saturated heterocycles. The second kappa shape index (κ2) is 6.54. The van der Waals surface area contributed by atoms with Crippen molar-refractivity contribution < 1.29 is 9.53 Å². The van der Waals surface area contributed by atoms with Gasteiger partial charge in [0, 0.05) is 30.4 Å². The molecule has 1 fully saturated rings. The molecule has 0 aliphatic carbocycles. The summed E-state index contributed by atoms with van der Waals surface area (Å²) in [5, 5.41) is 0. The number of carbonyl (C=O) groups excluding carboxylic acids is 1. The van der Waals surface area contributed by atoms with E-state index in [1.807, 2.05) is 22.3 Å². The maximum Gasteiger partial charge on any atom is 0.274 e. The number of hydrogen-bond acceptors (Lipinski definition) is 4. The summed E-state index contributed by atoms with van der Waals surface area (Å²) in [4.78, 5) is 36.3. The Bertz CT molecular complexity index is 1560. The van der Waals surface area contributed by atoms with Gasteiger partial charge < -0.3 is 14.6 Å². The fraction of sp³-hybridized carbons (Fsp3) is 0.346. The van der Waals surface area contributed by atoms with Gasteiger partial charge in [-0.3, -0.25) is 14.0 Å². The lowest BCUT2D eigenvalue weighted by Crippen LogP contribution is -2.23. The second-order valence-corrected chi connectivity index (χ2v) is 9.56. The highest BCUT2D eigenvalue weighted by atomic mass is 16.5. The zero-order valence-corrected chi connectivity index (χ0v) is 18.6. The number of amides is 1. The molecule has 0 bridgehead atoms. The minimum absolute atomic E-state index is 0.00640. The normalized spacial score (nSPS) is 20.0. The smallest absolute Gasteiger partial charge is 0.274 e. The van der Waals surface area contributed by atoms with Gasteiger partial charge in [0.1, 0.15) is 11.3 Å². The molecule has 0 radical (unpaired) electrons. The molecule has 5 heterocycles. The highest BCUT2D eigenvalue weighted by Crippen LogP contribution is 2.47. The summed E-state index contributed by atoms with van der Waals surface area (Å²) in [5.74, 6) is 1.18. The van der Waals surface area contributed by atoms with Gasteiger partial charge in [-0.25, -0.2) is 4.98 Å². The topological polar surface area (TPSA) is 79.7 Å². The maximum absolute atomic E-state index is 13.4. The molecule has 0 spiro atoms. The summed E-state index contributed by atoms with van der Waals surface area (Å²) in [7, 11) is 0. The number of anilines is 1. The molecule has 1 N–H and O–H groups in total. The molecular formula is C26H24N4O3. The van der Waals surface area contributed by atoms with Crippen LogP contribution in [0.4, 0.5) is 5.69 Å². The highest BCUT2D eigenvalue weighted by molar-refractivity contribution is 6.14. The molecule has 4 aromatic rings. The number of aromatic amines is 1. The van der Waals surface area contributed by atoms with Crippen LogP contribution < -0.4 is 10.5 Å². The number of rotatable bonds is 1. The largest absolute Gasteiger partial charge is 0.381 e. The number of carbonyl (C=O) groups is 1. The Hall–Kier alpha value is -3.45. The van der Waals surface area contributed by atoms with E-state index >= 15 is 0 Å². The molecule has 7 nitrogen and oxygen atoms in total. The first-order valence-electron chi connectivity index (χ1n) is 11.6. The lowest BCUT2D eigenvalue weighted by molar-refractivity contribution is 0.0835. The summed E-state index contributed by atoms with van der Waals surface area (Å²) in [6, 6.07) is 10.3. The van der Waals surface area contributed by atoms with Crippen LogP contribution in [0.25, 0.3) is 16.6 Å². The van der Waals surface area contributed by atoms with E-state index in [-0.39, 0.29) is 23.4 Å². The molecular weight excluding hydrogens is 416 g/mol. The number of ether oxygens (including phenoxy) is 1. The first kappa shape index (κ1) is 19.1.